The summed E-state index contributed by atoms with van der Waals surface area (Å²) in [5.74, 6) is -0.321. The Morgan fingerprint density at radius 2 is 1.88 bits per heavy atom. The average Bonchev–Trinajstić information content (AvgIpc) is 2.58. The van der Waals surface area contributed by atoms with Crippen LogP contribution >= 0.6 is 0 Å². The minimum atomic E-state index is -0.473. The first-order valence-corrected chi connectivity index (χ1v) is 7.99. The van der Waals surface area contributed by atoms with E-state index in [0.717, 1.165) is 6.42 Å². The fourth-order valence-corrected chi connectivity index (χ4v) is 2.36. The van der Waals surface area contributed by atoms with Crippen molar-refractivity contribution in [2.24, 2.45) is 0 Å². The first-order chi connectivity index (χ1) is 12.0. The molecule has 0 saturated heterocycles. The molecule has 0 saturated carbocycles. The van der Waals surface area contributed by atoms with Gasteiger partial charge in [-0.05, 0) is 49.2 Å². The summed E-state index contributed by atoms with van der Waals surface area (Å²) in [5.41, 5.74) is 1.21. The van der Waals surface area contributed by atoms with Gasteiger partial charge in [-0.15, -0.1) is 0 Å². The van der Waals surface area contributed by atoms with Gasteiger partial charge in [0.15, 0.2) is 5.78 Å². The molecule has 25 heavy (non-hydrogen) atoms. The molecule has 1 aromatic heterocycles. The van der Waals surface area contributed by atoms with E-state index >= 15 is 0 Å². The Balaban J connectivity index is 2.13. The van der Waals surface area contributed by atoms with Crippen LogP contribution in [-0.2, 0) is 11.3 Å². The number of carbonyl (C=O) groups is 2. The van der Waals surface area contributed by atoms with Crippen LogP contribution in [0.5, 0.6) is 0 Å². The van der Waals surface area contributed by atoms with E-state index in [4.69, 9.17) is 5.26 Å². The third kappa shape index (κ3) is 4.42. The number of nitrogens with zero attached hydrogens (tertiary/aromatic N) is 2. The standard InChI is InChI=1S/C19H19N3O3/c1-3-4-18(24)21-15-7-5-14(6-8-15)17(23)12-22-10-9-13(2)16(11-20)19(22)25/h5-10H,3-4,12H2,1-2H3,(H,21,24). The number of Topliss-reactive ketones (excluding diaryl/α,β-unsaturated/α-hetero) is 1. The fraction of sp³-hybridized carbons (Fsp3) is 0.263. The average molecular weight is 337 g/mol. The van der Waals surface area contributed by atoms with Gasteiger partial charge < -0.3 is 9.88 Å². The lowest BCUT2D eigenvalue weighted by Gasteiger charge is -2.08. The number of nitrogens with one attached hydrogen (secondary N) is 1. The number of nitriles is 1. The number of aromatic nitrogens is 1. The van der Waals surface area contributed by atoms with E-state index in [-0.39, 0.29) is 23.8 Å². The van der Waals surface area contributed by atoms with Gasteiger partial charge in [-0.1, -0.05) is 6.92 Å². The number of ketones is 1. The van der Waals surface area contributed by atoms with E-state index in [1.54, 1.807) is 37.3 Å². The molecule has 1 heterocycles. The van der Waals surface area contributed by atoms with Gasteiger partial charge in [0.1, 0.15) is 11.6 Å². The van der Waals surface area contributed by atoms with Crippen LogP contribution < -0.4 is 10.9 Å². The quantitative estimate of drug-likeness (QED) is 0.820. The Kier molecular flexibility index (Phi) is 5.85. The Labute approximate surface area is 145 Å². The van der Waals surface area contributed by atoms with Crippen molar-refractivity contribution >= 4 is 17.4 Å². The smallest absolute Gasteiger partial charge is 0.269 e. The zero-order valence-electron chi connectivity index (χ0n) is 14.2. The summed E-state index contributed by atoms with van der Waals surface area (Å²) < 4.78 is 1.23. The lowest BCUT2D eigenvalue weighted by Crippen LogP contribution is -2.26. The molecule has 1 amide bonds. The fourth-order valence-electron chi connectivity index (χ4n) is 2.36. The second-order valence-corrected chi connectivity index (χ2v) is 5.72. The van der Waals surface area contributed by atoms with Crippen molar-refractivity contribution in [3.8, 4) is 6.07 Å². The summed E-state index contributed by atoms with van der Waals surface area (Å²) in [6.07, 6.45) is 2.71. The normalized spacial score (nSPS) is 10.1. The molecule has 128 valence electrons. The number of carbonyl (C=O) groups excluding carboxylic acids is 2. The van der Waals surface area contributed by atoms with Crippen molar-refractivity contribution in [1.29, 1.82) is 5.26 Å². The van der Waals surface area contributed by atoms with Crippen LogP contribution in [0.15, 0.2) is 41.3 Å². The lowest BCUT2D eigenvalue weighted by molar-refractivity contribution is -0.116. The van der Waals surface area contributed by atoms with Crippen LogP contribution in [0, 0.1) is 18.3 Å². The van der Waals surface area contributed by atoms with E-state index in [0.29, 0.717) is 23.2 Å². The molecule has 2 rings (SSSR count). The van der Waals surface area contributed by atoms with Crippen LogP contribution in [0.3, 0.4) is 0 Å². The van der Waals surface area contributed by atoms with Crippen molar-refractivity contribution < 1.29 is 9.59 Å². The molecule has 0 atom stereocenters. The van der Waals surface area contributed by atoms with E-state index in [2.05, 4.69) is 5.32 Å². The van der Waals surface area contributed by atoms with Gasteiger partial charge in [0, 0.05) is 23.9 Å². The molecule has 0 aliphatic rings. The number of amides is 1. The van der Waals surface area contributed by atoms with E-state index in [9.17, 15) is 14.4 Å². The Hall–Kier alpha value is -3.20. The van der Waals surface area contributed by atoms with Crippen molar-refractivity contribution in [3.05, 3.63) is 63.6 Å². The third-order valence-corrected chi connectivity index (χ3v) is 3.77. The molecule has 0 bridgehead atoms. The van der Waals surface area contributed by atoms with Crippen LogP contribution in [-0.4, -0.2) is 16.3 Å². The number of hydrogen-bond donors (Lipinski definition) is 1. The molecule has 0 unspecified atom stereocenters. The number of aryl methyl sites for hydroxylation is 1. The molecule has 1 N–H and O–H groups in total. The Morgan fingerprint density at radius 3 is 2.48 bits per heavy atom. The van der Waals surface area contributed by atoms with Crippen LogP contribution in [0.25, 0.3) is 0 Å². The van der Waals surface area contributed by atoms with Gasteiger partial charge in [0.2, 0.25) is 5.91 Å². The molecule has 6 heteroatoms. The minimum absolute atomic E-state index is 0.0456. The van der Waals surface area contributed by atoms with Gasteiger partial charge in [-0.3, -0.25) is 14.4 Å². The molecule has 1 aromatic carbocycles. The minimum Gasteiger partial charge on any atom is -0.326 e. The summed E-state index contributed by atoms with van der Waals surface area (Å²) in [6, 6.07) is 10.0. The molecule has 0 spiro atoms. The molecule has 0 aliphatic carbocycles. The second-order valence-electron chi connectivity index (χ2n) is 5.72. The number of anilines is 1. The van der Waals surface area contributed by atoms with Crippen molar-refractivity contribution in [1.82, 2.24) is 4.57 Å². The largest absolute Gasteiger partial charge is 0.326 e. The third-order valence-electron chi connectivity index (χ3n) is 3.77. The van der Waals surface area contributed by atoms with Gasteiger partial charge >= 0.3 is 0 Å². The number of benzene rings is 1. The van der Waals surface area contributed by atoms with E-state index in [1.165, 1.54) is 10.8 Å². The maximum atomic E-state index is 12.4. The SMILES string of the molecule is CCCC(=O)Nc1ccc(C(=O)Cn2ccc(C)c(C#N)c2=O)cc1. The van der Waals surface area contributed by atoms with Crippen molar-refractivity contribution in [2.75, 3.05) is 5.32 Å². The Morgan fingerprint density at radius 1 is 1.20 bits per heavy atom. The molecular weight excluding hydrogens is 318 g/mol. The molecule has 0 fully saturated rings. The number of hydrogen-bond acceptors (Lipinski definition) is 4. The summed E-state index contributed by atoms with van der Waals surface area (Å²) in [5, 5.41) is 11.8. The number of pyridine rings is 1. The highest BCUT2D eigenvalue weighted by molar-refractivity contribution is 5.97. The predicted molar refractivity (Wildman–Crippen MR) is 94.5 cm³/mol. The highest BCUT2D eigenvalue weighted by atomic mass is 16.2. The van der Waals surface area contributed by atoms with Crippen molar-refractivity contribution in [2.45, 2.75) is 33.2 Å². The maximum Gasteiger partial charge on any atom is 0.269 e. The summed E-state index contributed by atoms with van der Waals surface area (Å²) in [7, 11) is 0. The molecule has 0 radical (unpaired) electrons. The maximum absolute atomic E-state index is 12.4. The topological polar surface area (TPSA) is 92.0 Å². The lowest BCUT2D eigenvalue weighted by atomic mass is 10.1. The first kappa shape index (κ1) is 18.1. The van der Waals surface area contributed by atoms with Crippen molar-refractivity contribution in [3.63, 3.8) is 0 Å². The monoisotopic (exact) mass is 337 g/mol. The van der Waals surface area contributed by atoms with E-state index in [1.807, 2.05) is 13.0 Å². The molecule has 6 nitrogen and oxygen atoms in total. The summed E-state index contributed by atoms with van der Waals surface area (Å²) in [4.78, 5) is 36.1. The Bertz CT molecular complexity index is 890. The van der Waals surface area contributed by atoms with Gasteiger partial charge in [-0.25, -0.2) is 0 Å². The highest BCUT2D eigenvalue weighted by Gasteiger charge is 2.12. The first-order valence-electron chi connectivity index (χ1n) is 7.99. The molecular formula is C19H19N3O3. The zero-order chi connectivity index (χ0) is 18.4. The van der Waals surface area contributed by atoms with Crippen LogP contribution in [0.2, 0.25) is 0 Å². The zero-order valence-corrected chi connectivity index (χ0v) is 14.2. The van der Waals surface area contributed by atoms with Gasteiger partial charge in [0.05, 0.1) is 6.54 Å². The van der Waals surface area contributed by atoms with Crippen LogP contribution in [0.4, 0.5) is 5.69 Å². The highest BCUT2D eigenvalue weighted by Crippen LogP contribution is 2.11. The summed E-state index contributed by atoms with van der Waals surface area (Å²) >= 11 is 0. The predicted octanol–water partition coefficient (Wildman–Crippen LogP) is 2.65. The van der Waals surface area contributed by atoms with Crippen LogP contribution in [0.1, 0.15) is 41.3 Å². The molecule has 2 aromatic rings. The van der Waals surface area contributed by atoms with Gasteiger partial charge in [-0.2, -0.15) is 5.26 Å². The van der Waals surface area contributed by atoms with Gasteiger partial charge in [0.25, 0.3) is 5.56 Å². The second kappa shape index (κ2) is 8.06. The molecule has 0 aliphatic heterocycles. The summed E-state index contributed by atoms with van der Waals surface area (Å²) in [6.45, 7) is 3.46. The van der Waals surface area contributed by atoms with E-state index < -0.39 is 5.56 Å². The number of rotatable bonds is 6.